The Labute approximate surface area is 111 Å². The van der Waals surface area contributed by atoms with Crippen molar-refractivity contribution in [2.45, 2.75) is 18.6 Å². The molecule has 1 aromatic heterocycles. The van der Waals surface area contributed by atoms with Gasteiger partial charge in [0.25, 0.3) is 5.56 Å². The lowest BCUT2D eigenvalue weighted by Crippen LogP contribution is -2.39. The number of H-pyrrole nitrogens is 1. The van der Waals surface area contributed by atoms with E-state index in [1.54, 1.807) is 0 Å². The van der Waals surface area contributed by atoms with Gasteiger partial charge in [-0.05, 0) is 20.5 Å². The number of aromatic amines is 1. The van der Waals surface area contributed by atoms with Gasteiger partial charge in [0, 0.05) is 19.1 Å². The van der Waals surface area contributed by atoms with Gasteiger partial charge in [-0.3, -0.25) is 4.79 Å². The average molecular weight is 268 g/mol. The maximum absolute atomic E-state index is 11.7. The number of nitrogens with zero attached hydrogens (tertiary/aromatic N) is 3. The Morgan fingerprint density at radius 2 is 2.37 bits per heavy atom. The Kier molecular flexibility index (Phi) is 4.06. The fraction of sp³-hybridized carbons (Fsp3) is 0.667. The molecule has 2 unspecified atom stereocenters. The van der Waals surface area contributed by atoms with Crippen LogP contribution in [0.15, 0.2) is 11.1 Å². The van der Waals surface area contributed by atoms with Gasteiger partial charge < -0.3 is 24.6 Å². The second kappa shape index (κ2) is 5.58. The van der Waals surface area contributed by atoms with Crippen LogP contribution < -0.4 is 15.2 Å². The first kappa shape index (κ1) is 13.8. The van der Waals surface area contributed by atoms with Crippen LogP contribution in [0.1, 0.15) is 6.42 Å². The minimum absolute atomic E-state index is 0.119. The normalized spacial score (nSPS) is 23.1. The van der Waals surface area contributed by atoms with E-state index in [4.69, 9.17) is 4.74 Å². The molecule has 7 heteroatoms. The fourth-order valence-electron chi connectivity index (χ4n) is 2.51. The van der Waals surface area contributed by atoms with Gasteiger partial charge >= 0.3 is 0 Å². The van der Waals surface area contributed by atoms with Gasteiger partial charge in [0.15, 0.2) is 5.82 Å². The highest BCUT2D eigenvalue weighted by Crippen LogP contribution is 2.29. The Bertz CT molecular complexity index is 488. The fourth-order valence-corrected chi connectivity index (χ4v) is 2.51. The zero-order valence-corrected chi connectivity index (χ0v) is 11.5. The van der Waals surface area contributed by atoms with Gasteiger partial charge in [-0.1, -0.05) is 0 Å². The third-order valence-electron chi connectivity index (χ3n) is 3.24. The van der Waals surface area contributed by atoms with Crippen LogP contribution in [0, 0.1) is 0 Å². The quantitative estimate of drug-likeness (QED) is 0.750. The number of aromatic nitrogens is 2. The van der Waals surface area contributed by atoms with Crippen molar-refractivity contribution in [3.63, 3.8) is 0 Å². The molecule has 1 aromatic rings. The largest absolute Gasteiger partial charge is 0.489 e. The highest BCUT2D eigenvalue weighted by atomic mass is 16.5. The highest BCUT2D eigenvalue weighted by molar-refractivity contribution is 5.52. The van der Waals surface area contributed by atoms with E-state index >= 15 is 0 Å². The molecule has 1 fully saturated rings. The van der Waals surface area contributed by atoms with Gasteiger partial charge in [0.1, 0.15) is 0 Å². The zero-order valence-electron chi connectivity index (χ0n) is 11.5. The summed E-state index contributed by atoms with van der Waals surface area (Å²) in [5.41, 5.74) is -0.308. The Balaban J connectivity index is 2.33. The van der Waals surface area contributed by atoms with E-state index in [9.17, 15) is 9.90 Å². The smallest absolute Gasteiger partial charge is 0.295 e. The predicted octanol–water partition coefficient (Wildman–Crippen LogP) is -0.720. The molecule has 1 aliphatic rings. The third-order valence-corrected chi connectivity index (χ3v) is 3.24. The van der Waals surface area contributed by atoms with Crippen LogP contribution in [0.4, 0.5) is 5.82 Å². The van der Waals surface area contributed by atoms with E-state index in [1.165, 1.54) is 13.4 Å². The molecular formula is C12H20N4O3. The van der Waals surface area contributed by atoms with E-state index in [2.05, 4.69) is 14.9 Å². The minimum atomic E-state index is -0.407. The number of aliphatic hydroxyl groups is 1. The number of nitrogens with one attached hydrogen (secondary N) is 1. The Morgan fingerprint density at radius 1 is 1.63 bits per heavy atom. The minimum Gasteiger partial charge on any atom is -0.489 e. The maximum Gasteiger partial charge on any atom is 0.295 e. The number of methoxy groups -OCH3 is 1. The van der Waals surface area contributed by atoms with Crippen molar-refractivity contribution in [2.75, 3.05) is 39.2 Å². The van der Waals surface area contributed by atoms with Crippen molar-refractivity contribution >= 4 is 5.82 Å². The van der Waals surface area contributed by atoms with E-state index in [0.717, 1.165) is 6.54 Å². The lowest BCUT2D eigenvalue weighted by molar-refractivity contribution is 0.191. The monoisotopic (exact) mass is 268 g/mol. The van der Waals surface area contributed by atoms with Crippen molar-refractivity contribution in [2.24, 2.45) is 0 Å². The number of β-amino-alcohol motifs (C(OH)–C–C–N with tert-alkyl or cyclic N) is 1. The zero-order chi connectivity index (χ0) is 14.0. The van der Waals surface area contributed by atoms with Crippen molar-refractivity contribution < 1.29 is 9.84 Å². The molecule has 0 radical (unpaired) electrons. The summed E-state index contributed by atoms with van der Waals surface area (Å²) in [6.45, 7) is 1.25. The molecule has 0 aromatic carbocycles. The number of ether oxygens (including phenoxy) is 1. The molecule has 2 rings (SSSR count). The van der Waals surface area contributed by atoms with Gasteiger partial charge in [0.2, 0.25) is 5.75 Å². The van der Waals surface area contributed by atoms with Crippen LogP contribution in [0.25, 0.3) is 0 Å². The van der Waals surface area contributed by atoms with Gasteiger partial charge in [-0.2, -0.15) is 0 Å². The topological polar surface area (TPSA) is 81.7 Å². The molecule has 1 aliphatic heterocycles. The standard InChI is InChI=1S/C12H20N4O3/c1-15(2)5-8-4-9(17)6-16(8)11-10(19-3)12(18)14-7-13-11/h7-9,17H,4-6H2,1-3H3,(H,13,14,18). The van der Waals surface area contributed by atoms with Crippen LogP contribution >= 0.6 is 0 Å². The van der Waals surface area contributed by atoms with Crippen molar-refractivity contribution in [1.82, 2.24) is 14.9 Å². The second-order valence-corrected chi connectivity index (χ2v) is 5.05. The van der Waals surface area contributed by atoms with Crippen molar-refractivity contribution in [1.29, 1.82) is 0 Å². The molecule has 2 atom stereocenters. The molecule has 0 aliphatic carbocycles. The van der Waals surface area contributed by atoms with E-state index in [1.807, 2.05) is 19.0 Å². The number of anilines is 1. The first-order chi connectivity index (χ1) is 9.02. The van der Waals surface area contributed by atoms with Crippen molar-refractivity contribution in [3.05, 3.63) is 16.7 Å². The molecule has 19 heavy (non-hydrogen) atoms. The number of aliphatic hydroxyl groups excluding tert-OH is 1. The van der Waals surface area contributed by atoms with Crippen LogP contribution in [0.3, 0.4) is 0 Å². The summed E-state index contributed by atoms with van der Waals surface area (Å²) in [5, 5.41) is 9.86. The second-order valence-electron chi connectivity index (χ2n) is 5.05. The van der Waals surface area contributed by atoms with Gasteiger partial charge in [0.05, 0.1) is 19.5 Å². The van der Waals surface area contributed by atoms with Gasteiger partial charge in [-0.15, -0.1) is 0 Å². The lowest BCUT2D eigenvalue weighted by atomic mass is 10.2. The average Bonchev–Trinajstić information content (AvgIpc) is 2.68. The van der Waals surface area contributed by atoms with Crippen LogP contribution in [-0.2, 0) is 0 Å². The molecule has 2 N–H and O–H groups in total. The van der Waals surface area contributed by atoms with Crippen LogP contribution in [0.2, 0.25) is 0 Å². The molecular weight excluding hydrogens is 248 g/mol. The maximum atomic E-state index is 11.7. The van der Waals surface area contributed by atoms with Gasteiger partial charge in [-0.25, -0.2) is 4.98 Å². The highest BCUT2D eigenvalue weighted by Gasteiger charge is 2.34. The molecule has 0 bridgehead atoms. The molecule has 0 saturated carbocycles. The Hall–Kier alpha value is -1.60. The number of rotatable bonds is 4. The number of likely N-dealkylation sites (N-methyl/N-ethyl adjacent to an activating group) is 1. The van der Waals surface area contributed by atoms with E-state index < -0.39 is 6.10 Å². The summed E-state index contributed by atoms with van der Waals surface area (Å²) in [6.07, 6.45) is 1.61. The van der Waals surface area contributed by atoms with Crippen molar-refractivity contribution in [3.8, 4) is 5.75 Å². The lowest BCUT2D eigenvalue weighted by Gasteiger charge is -2.28. The number of hydrogen-bond acceptors (Lipinski definition) is 6. The number of hydrogen-bond donors (Lipinski definition) is 2. The summed E-state index contributed by atoms with van der Waals surface area (Å²) in [7, 11) is 5.40. The van der Waals surface area contributed by atoms with Crippen LogP contribution in [-0.4, -0.2) is 66.4 Å². The molecule has 1 saturated heterocycles. The predicted molar refractivity (Wildman–Crippen MR) is 71.7 cm³/mol. The summed E-state index contributed by atoms with van der Waals surface area (Å²) in [4.78, 5) is 22.4. The molecule has 106 valence electrons. The molecule has 2 heterocycles. The first-order valence-corrected chi connectivity index (χ1v) is 6.24. The van der Waals surface area contributed by atoms with E-state index in [0.29, 0.717) is 18.8 Å². The third kappa shape index (κ3) is 2.87. The summed E-state index contributed by atoms with van der Waals surface area (Å²) >= 11 is 0. The SMILES string of the molecule is COc1c(N2CC(O)CC2CN(C)C)nc[nH]c1=O. The van der Waals surface area contributed by atoms with Crippen LogP contribution in [0.5, 0.6) is 5.75 Å². The summed E-state index contributed by atoms with van der Waals surface area (Å²) < 4.78 is 5.13. The summed E-state index contributed by atoms with van der Waals surface area (Å²) in [6, 6.07) is 0.119. The summed E-state index contributed by atoms with van der Waals surface area (Å²) in [5.74, 6) is 0.690. The molecule has 0 amide bonds. The Morgan fingerprint density at radius 3 is 3.00 bits per heavy atom. The molecule has 0 spiro atoms. The molecule has 7 nitrogen and oxygen atoms in total. The first-order valence-electron chi connectivity index (χ1n) is 6.24. The van der Waals surface area contributed by atoms with E-state index in [-0.39, 0.29) is 17.4 Å².